The van der Waals surface area contributed by atoms with Crippen molar-refractivity contribution in [2.24, 2.45) is 0 Å². The van der Waals surface area contributed by atoms with Crippen LogP contribution in [0.2, 0.25) is 0 Å². The zero-order valence-corrected chi connectivity index (χ0v) is 12.4. The Labute approximate surface area is 118 Å². The van der Waals surface area contributed by atoms with Crippen LogP contribution in [-0.4, -0.2) is 36.2 Å². The third kappa shape index (κ3) is 4.45. The second-order valence-corrected chi connectivity index (χ2v) is 4.93. The van der Waals surface area contributed by atoms with Gasteiger partial charge in [0.25, 0.3) is 5.91 Å². The van der Waals surface area contributed by atoms with Crippen LogP contribution in [0.5, 0.6) is 0 Å². The predicted octanol–water partition coefficient (Wildman–Crippen LogP) is 2.20. The highest BCUT2D eigenvalue weighted by Gasteiger charge is 2.21. The molecule has 0 bridgehead atoms. The van der Waals surface area contributed by atoms with Crippen molar-refractivity contribution < 1.29 is 13.9 Å². The molecule has 1 rings (SSSR count). The van der Waals surface area contributed by atoms with Crippen LogP contribution >= 0.6 is 0 Å². The summed E-state index contributed by atoms with van der Waals surface area (Å²) in [5.74, 6) is -1.03. The Morgan fingerprint density at radius 1 is 1.45 bits per heavy atom. The molecular formula is C14H22FN3O2. The van der Waals surface area contributed by atoms with Gasteiger partial charge in [0.2, 0.25) is 0 Å². The van der Waals surface area contributed by atoms with E-state index in [1.807, 2.05) is 27.7 Å². The SMILES string of the molecule is CCNc1nccc(C(=O)NCC(C)(C)OCC)c1F. The molecule has 0 aliphatic carbocycles. The summed E-state index contributed by atoms with van der Waals surface area (Å²) in [6.07, 6.45) is 1.41. The molecule has 112 valence electrons. The Balaban J connectivity index is 2.75. The van der Waals surface area contributed by atoms with Crippen molar-refractivity contribution >= 4 is 11.7 Å². The Bertz CT molecular complexity index is 464. The number of carbonyl (C=O) groups is 1. The van der Waals surface area contributed by atoms with E-state index in [2.05, 4.69) is 15.6 Å². The van der Waals surface area contributed by atoms with Crippen LogP contribution in [0.1, 0.15) is 38.1 Å². The largest absolute Gasteiger partial charge is 0.374 e. The van der Waals surface area contributed by atoms with Crippen LogP contribution in [0.3, 0.4) is 0 Å². The first kappa shape index (κ1) is 16.4. The maximum Gasteiger partial charge on any atom is 0.254 e. The second kappa shape index (κ2) is 7.19. The lowest BCUT2D eigenvalue weighted by Gasteiger charge is -2.24. The second-order valence-electron chi connectivity index (χ2n) is 4.93. The molecule has 0 saturated heterocycles. The molecular weight excluding hydrogens is 261 g/mol. The van der Waals surface area contributed by atoms with Gasteiger partial charge in [-0.1, -0.05) is 0 Å². The van der Waals surface area contributed by atoms with Crippen molar-refractivity contribution in [3.63, 3.8) is 0 Å². The van der Waals surface area contributed by atoms with Crippen LogP contribution in [0, 0.1) is 5.82 Å². The van der Waals surface area contributed by atoms with Gasteiger partial charge >= 0.3 is 0 Å². The summed E-state index contributed by atoms with van der Waals surface area (Å²) in [4.78, 5) is 15.9. The first-order chi connectivity index (χ1) is 9.41. The number of hydrogen-bond donors (Lipinski definition) is 2. The zero-order chi connectivity index (χ0) is 15.2. The molecule has 0 spiro atoms. The number of anilines is 1. The fourth-order valence-electron chi connectivity index (χ4n) is 1.74. The molecule has 2 N–H and O–H groups in total. The van der Waals surface area contributed by atoms with Gasteiger partial charge < -0.3 is 15.4 Å². The van der Waals surface area contributed by atoms with E-state index in [4.69, 9.17) is 4.74 Å². The maximum atomic E-state index is 14.1. The third-order valence-corrected chi connectivity index (χ3v) is 2.69. The number of hydrogen-bond acceptors (Lipinski definition) is 4. The lowest BCUT2D eigenvalue weighted by molar-refractivity contribution is -0.00818. The number of amides is 1. The minimum Gasteiger partial charge on any atom is -0.374 e. The van der Waals surface area contributed by atoms with E-state index < -0.39 is 17.3 Å². The van der Waals surface area contributed by atoms with Gasteiger partial charge in [0.15, 0.2) is 11.6 Å². The van der Waals surface area contributed by atoms with Gasteiger partial charge in [-0.25, -0.2) is 9.37 Å². The van der Waals surface area contributed by atoms with Gasteiger partial charge in [0, 0.05) is 25.9 Å². The van der Waals surface area contributed by atoms with Gasteiger partial charge in [-0.2, -0.15) is 0 Å². The molecule has 0 radical (unpaired) electrons. The van der Waals surface area contributed by atoms with Gasteiger partial charge in [-0.05, 0) is 33.8 Å². The van der Waals surface area contributed by atoms with Crippen LogP contribution in [-0.2, 0) is 4.74 Å². The fourth-order valence-corrected chi connectivity index (χ4v) is 1.74. The molecule has 1 aromatic heterocycles. The van der Waals surface area contributed by atoms with E-state index in [1.54, 1.807) is 0 Å². The molecule has 5 nitrogen and oxygen atoms in total. The fraction of sp³-hybridized carbons (Fsp3) is 0.571. The summed E-state index contributed by atoms with van der Waals surface area (Å²) in [7, 11) is 0. The lowest BCUT2D eigenvalue weighted by Crippen LogP contribution is -2.40. The van der Waals surface area contributed by atoms with Gasteiger partial charge in [0.1, 0.15) is 0 Å². The number of aromatic nitrogens is 1. The molecule has 20 heavy (non-hydrogen) atoms. The molecule has 0 saturated carbocycles. The minimum absolute atomic E-state index is 0.0248. The average molecular weight is 283 g/mol. The molecule has 6 heteroatoms. The molecule has 0 unspecified atom stereocenters. The highest BCUT2D eigenvalue weighted by Crippen LogP contribution is 2.15. The Morgan fingerprint density at radius 2 is 2.15 bits per heavy atom. The normalized spacial score (nSPS) is 11.2. The smallest absolute Gasteiger partial charge is 0.254 e. The predicted molar refractivity (Wildman–Crippen MR) is 76.4 cm³/mol. The molecule has 0 aliphatic heterocycles. The van der Waals surface area contributed by atoms with Crippen LogP contribution in [0.25, 0.3) is 0 Å². The molecule has 1 heterocycles. The molecule has 0 fully saturated rings. The molecule has 0 atom stereocenters. The summed E-state index contributed by atoms with van der Waals surface area (Å²) in [6, 6.07) is 1.36. The standard InChI is InChI=1S/C14H22FN3O2/c1-5-16-12-11(15)10(7-8-17-12)13(19)18-9-14(3,4)20-6-2/h7-8H,5-6,9H2,1-4H3,(H,16,17)(H,18,19). The summed E-state index contributed by atoms with van der Waals surface area (Å²) < 4.78 is 19.5. The van der Waals surface area contributed by atoms with E-state index in [-0.39, 0.29) is 11.4 Å². The molecule has 0 aromatic carbocycles. The number of nitrogens with one attached hydrogen (secondary N) is 2. The minimum atomic E-state index is -0.638. The maximum absolute atomic E-state index is 14.1. The van der Waals surface area contributed by atoms with Crippen LogP contribution < -0.4 is 10.6 Å². The first-order valence-electron chi connectivity index (χ1n) is 6.71. The van der Waals surface area contributed by atoms with Crippen molar-refractivity contribution in [2.75, 3.05) is 25.0 Å². The quantitative estimate of drug-likeness (QED) is 0.805. The van der Waals surface area contributed by atoms with Gasteiger partial charge in [0.05, 0.1) is 11.2 Å². The monoisotopic (exact) mass is 283 g/mol. The number of rotatable bonds is 7. The van der Waals surface area contributed by atoms with Crippen molar-refractivity contribution in [1.29, 1.82) is 0 Å². The average Bonchev–Trinajstić information content (AvgIpc) is 2.39. The van der Waals surface area contributed by atoms with E-state index in [9.17, 15) is 9.18 Å². The summed E-state index contributed by atoms with van der Waals surface area (Å²) in [5, 5.41) is 5.45. The summed E-state index contributed by atoms with van der Waals surface area (Å²) in [6.45, 7) is 8.84. The number of carbonyl (C=O) groups excluding carboxylic acids is 1. The highest BCUT2D eigenvalue weighted by atomic mass is 19.1. The van der Waals surface area contributed by atoms with E-state index in [0.29, 0.717) is 19.7 Å². The van der Waals surface area contributed by atoms with Crippen molar-refractivity contribution in [1.82, 2.24) is 10.3 Å². The van der Waals surface area contributed by atoms with Crippen molar-refractivity contribution in [2.45, 2.75) is 33.3 Å². The molecule has 0 aliphatic rings. The number of halogens is 1. The van der Waals surface area contributed by atoms with Gasteiger partial charge in [-0.15, -0.1) is 0 Å². The Hall–Kier alpha value is -1.69. The van der Waals surface area contributed by atoms with Crippen LogP contribution in [0.15, 0.2) is 12.3 Å². The lowest BCUT2D eigenvalue weighted by atomic mass is 10.1. The molecule has 1 amide bonds. The summed E-state index contributed by atoms with van der Waals surface area (Å²) >= 11 is 0. The topological polar surface area (TPSA) is 63.2 Å². The Kier molecular flexibility index (Phi) is 5.88. The number of ether oxygens (including phenoxy) is 1. The number of nitrogens with zero attached hydrogens (tertiary/aromatic N) is 1. The van der Waals surface area contributed by atoms with Crippen molar-refractivity contribution in [3.8, 4) is 0 Å². The van der Waals surface area contributed by atoms with Crippen molar-refractivity contribution in [3.05, 3.63) is 23.6 Å². The van der Waals surface area contributed by atoms with E-state index >= 15 is 0 Å². The van der Waals surface area contributed by atoms with Crippen LogP contribution in [0.4, 0.5) is 10.2 Å². The van der Waals surface area contributed by atoms with Gasteiger partial charge in [-0.3, -0.25) is 4.79 Å². The van der Waals surface area contributed by atoms with E-state index in [0.717, 1.165) is 0 Å². The first-order valence-corrected chi connectivity index (χ1v) is 6.71. The zero-order valence-electron chi connectivity index (χ0n) is 12.4. The Morgan fingerprint density at radius 3 is 2.75 bits per heavy atom. The number of pyridine rings is 1. The van der Waals surface area contributed by atoms with E-state index in [1.165, 1.54) is 12.3 Å². The highest BCUT2D eigenvalue weighted by molar-refractivity contribution is 5.95. The third-order valence-electron chi connectivity index (χ3n) is 2.69. The summed E-state index contributed by atoms with van der Waals surface area (Å²) in [5.41, 5.74) is -0.512. The molecule has 1 aromatic rings.